The van der Waals surface area contributed by atoms with E-state index in [1.807, 2.05) is 6.92 Å². The van der Waals surface area contributed by atoms with Crippen LogP contribution in [0.4, 0.5) is 0 Å². The van der Waals surface area contributed by atoms with Crippen molar-refractivity contribution in [2.45, 2.75) is 6.92 Å². The zero-order valence-corrected chi connectivity index (χ0v) is 8.67. The number of esters is 1. The molecule has 0 aliphatic rings. The lowest BCUT2D eigenvalue weighted by molar-refractivity contribution is 0.0599. The van der Waals surface area contributed by atoms with Gasteiger partial charge in [-0.25, -0.2) is 4.79 Å². The van der Waals surface area contributed by atoms with E-state index < -0.39 is 0 Å². The SMILES string of the molecule is COC(=O)c1c(Br)nn(C)c1C. The van der Waals surface area contributed by atoms with Gasteiger partial charge in [-0.15, -0.1) is 0 Å². The van der Waals surface area contributed by atoms with Gasteiger partial charge in [0.05, 0.1) is 12.8 Å². The highest BCUT2D eigenvalue weighted by molar-refractivity contribution is 9.10. The first-order valence-corrected chi connectivity index (χ1v) is 4.14. The van der Waals surface area contributed by atoms with Gasteiger partial charge in [0.1, 0.15) is 10.2 Å². The Kier molecular flexibility index (Phi) is 2.52. The molecule has 0 N–H and O–H groups in total. The quantitative estimate of drug-likeness (QED) is 0.686. The molecule has 12 heavy (non-hydrogen) atoms. The summed E-state index contributed by atoms with van der Waals surface area (Å²) >= 11 is 3.18. The van der Waals surface area contributed by atoms with Gasteiger partial charge in [-0.3, -0.25) is 4.68 Å². The van der Waals surface area contributed by atoms with Crippen molar-refractivity contribution in [3.8, 4) is 0 Å². The average Bonchev–Trinajstić information content (AvgIpc) is 2.26. The number of aromatic nitrogens is 2. The number of aryl methyl sites for hydroxylation is 1. The molecule has 0 atom stereocenters. The fourth-order valence-corrected chi connectivity index (χ4v) is 1.59. The van der Waals surface area contributed by atoms with Gasteiger partial charge in [0.15, 0.2) is 0 Å². The molecule has 66 valence electrons. The highest BCUT2D eigenvalue weighted by Gasteiger charge is 2.18. The van der Waals surface area contributed by atoms with E-state index >= 15 is 0 Å². The van der Waals surface area contributed by atoms with Crippen molar-refractivity contribution in [3.05, 3.63) is 15.9 Å². The van der Waals surface area contributed by atoms with Crippen LogP contribution in [0.1, 0.15) is 16.1 Å². The minimum Gasteiger partial charge on any atom is -0.465 e. The van der Waals surface area contributed by atoms with E-state index in [1.54, 1.807) is 11.7 Å². The summed E-state index contributed by atoms with van der Waals surface area (Å²) in [5.74, 6) is -0.368. The molecule has 0 aliphatic carbocycles. The molecule has 0 aromatic carbocycles. The van der Waals surface area contributed by atoms with Crippen LogP contribution in [0.5, 0.6) is 0 Å². The number of nitrogens with zero attached hydrogens (tertiary/aromatic N) is 2. The van der Waals surface area contributed by atoms with Gasteiger partial charge in [-0.2, -0.15) is 5.10 Å². The van der Waals surface area contributed by atoms with Crippen molar-refractivity contribution in [1.82, 2.24) is 9.78 Å². The van der Waals surface area contributed by atoms with Gasteiger partial charge in [-0.1, -0.05) is 0 Å². The van der Waals surface area contributed by atoms with Crippen molar-refractivity contribution >= 4 is 21.9 Å². The average molecular weight is 233 g/mol. The molecular weight excluding hydrogens is 224 g/mol. The van der Waals surface area contributed by atoms with Crippen molar-refractivity contribution in [3.63, 3.8) is 0 Å². The Balaban J connectivity index is 3.22. The van der Waals surface area contributed by atoms with Gasteiger partial charge in [0, 0.05) is 7.05 Å². The molecule has 0 bridgehead atoms. The van der Waals surface area contributed by atoms with Crippen molar-refractivity contribution in [2.75, 3.05) is 7.11 Å². The molecule has 1 heterocycles. The summed E-state index contributed by atoms with van der Waals surface area (Å²) in [5.41, 5.74) is 1.27. The Morgan fingerprint density at radius 1 is 1.67 bits per heavy atom. The van der Waals surface area contributed by atoms with Crippen LogP contribution in [0, 0.1) is 6.92 Å². The van der Waals surface area contributed by atoms with Gasteiger partial charge in [0.2, 0.25) is 0 Å². The van der Waals surface area contributed by atoms with E-state index in [4.69, 9.17) is 0 Å². The molecule has 1 aromatic rings. The zero-order valence-electron chi connectivity index (χ0n) is 7.09. The lowest BCUT2D eigenvalue weighted by Gasteiger charge is -1.97. The fourth-order valence-electron chi connectivity index (χ4n) is 0.902. The lowest BCUT2D eigenvalue weighted by atomic mass is 10.3. The van der Waals surface area contributed by atoms with E-state index in [-0.39, 0.29) is 5.97 Å². The predicted octanol–water partition coefficient (Wildman–Crippen LogP) is 1.28. The first-order valence-electron chi connectivity index (χ1n) is 3.35. The second-order valence-electron chi connectivity index (χ2n) is 2.37. The molecule has 0 aliphatic heterocycles. The maximum Gasteiger partial charge on any atom is 0.342 e. The van der Waals surface area contributed by atoms with Gasteiger partial charge in [-0.05, 0) is 22.9 Å². The van der Waals surface area contributed by atoms with Crippen LogP contribution in [0.3, 0.4) is 0 Å². The molecule has 4 nitrogen and oxygen atoms in total. The summed E-state index contributed by atoms with van der Waals surface area (Å²) in [5, 5.41) is 4.01. The minimum atomic E-state index is -0.368. The summed E-state index contributed by atoms with van der Waals surface area (Å²) in [4.78, 5) is 11.2. The van der Waals surface area contributed by atoms with Gasteiger partial charge in [0.25, 0.3) is 0 Å². The Labute approximate surface area is 78.6 Å². The summed E-state index contributed by atoms with van der Waals surface area (Å²) in [6, 6.07) is 0. The largest absolute Gasteiger partial charge is 0.465 e. The van der Waals surface area contributed by atoms with Crippen LogP contribution in [0.2, 0.25) is 0 Å². The summed E-state index contributed by atoms with van der Waals surface area (Å²) < 4.78 is 6.73. The Morgan fingerprint density at radius 2 is 2.25 bits per heavy atom. The highest BCUT2D eigenvalue weighted by Crippen LogP contribution is 2.18. The van der Waals surface area contributed by atoms with E-state index in [2.05, 4.69) is 25.8 Å². The summed E-state index contributed by atoms with van der Waals surface area (Å²) in [7, 11) is 3.12. The van der Waals surface area contributed by atoms with Crippen LogP contribution in [0.15, 0.2) is 4.60 Å². The minimum absolute atomic E-state index is 0.368. The molecule has 1 rings (SSSR count). The van der Waals surface area contributed by atoms with E-state index in [1.165, 1.54) is 7.11 Å². The van der Waals surface area contributed by atoms with E-state index in [9.17, 15) is 4.79 Å². The number of halogens is 1. The molecule has 1 aromatic heterocycles. The molecule has 0 fully saturated rings. The molecule has 0 radical (unpaired) electrons. The maximum absolute atomic E-state index is 11.2. The van der Waals surface area contributed by atoms with Gasteiger partial charge < -0.3 is 4.74 Å². The molecular formula is C7H9BrN2O2. The van der Waals surface area contributed by atoms with E-state index in [0.717, 1.165) is 5.69 Å². The predicted molar refractivity (Wildman–Crippen MR) is 47.0 cm³/mol. The molecule has 0 saturated heterocycles. The fraction of sp³-hybridized carbons (Fsp3) is 0.429. The topological polar surface area (TPSA) is 44.1 Å². The molecule has 0 unspecified atom stereocenters. The van der Waals surface area contributed by atoms with Crippen LogP contribution in [-0.2, 0) is 11.8 Å². The number of hydrogen-bond acceptors (Lipinski definition) is 3. The third-order valence-electron chi connectivity index (χ3n) is 1.68. The van der Waals surface area contributed by atoms with Crippen molar-refractivity contribution in [2.24, 2.45) is 7.05 Å². The smallest absolute Gasteiger partial charge is 0.342 e. The molecule has 0 amide bonds. The maximum atomic E-state index is 11.2. The summed E-state index contributed by atoms with van der Waals surface area (Å²) in [6.45, 7) is 1.81. The molecule has 5 heteroatoms. The second kappa shape index (κ2) is 3.26. The standard InChI is InChI=1S/C7H9BrN2O2/c1-4-5(7(11)12-3)6(8)9-10(4)2/h1-3H3. The molecule has 0 spiro atoms. The monoisotopic (exact) mass is 232 g/mol. The van der Waals surface area contributed by atoms with Crippen LogP contribution in [-0.4, -0.2) is 22.9 Å². The second-order valence-corrected chi connectivity index (χ2v) is 3.12. The van der Waals surface area contributed by atoms with Crippen LogP contribution < -0.4 is 0 Å². The number of hydrogen-bond donors (Lipinski definition) is 0. The third kappa shape index (κ3) is 1.36. The normalized spacial score (nSPS) is 10.0. The Bertz CT molecular complexity index is 319. The Hall–Kier alpha value is -0.840. The number of carbonyl (C=O) groups excluding carboxylic acids is 1. The number of rotatable bonds is 1. The van der Waals surface area contributed by atoms with Crippen LogP contribution >= 0.6 is 15.9 Å². The van der Waals surface area contributed by atoms with Crippen molar-refractivity contribution in [1.29, 1.82) is 0 Å². The number of carbonyl (C=O) groups is 1. The third-order valence-corrected chi connectivity index (χ3v) is 2.24. The Morgan fingerprint density at radius 3 is 2.58 bits per heavy atom. The first-order chi connectivity index (χ1) is 5.57. The summed E-state index contributed by atoms with van der Waals surface area (Å²) in [6.07, 6.45) is 0. The van der Waals surface area contributed by atoms with Crippen molar-refractivity contribution < 1.29 is 9.53 Å². The lowest BCUT2D eigenvalue weighted by Crippen LogP contribution is -2.03. The van der Waals surface area contributed by atoms with E-state index in [0.29, 0.717) is 10.2 Å². The zero-order chi connectivity index (χ0) is 9.30. The number of methoxy groups -OCH3 is 1. The first kappa shape index (κ1) is 9.25. The highest BCUT2D eigenvalue weighted by atomic mass is 79.9. The number of ether oxygens (including phenoxy) is 1. The van der Waals surface area contributed by atoms with Gasteiger partial charge >= 0.3 is 5.97 Å². The van der Waals surface area contributed by atoms with Crippen LogP contribution in [0.25, 0.3) is 0 Å². The molecule has 0 saturated carbocycles.